The van der Waals surface area contributed by atoms with Gasteiger partial charge in [-0.1, -0.05) is 6.07 Å². The van der Waals surface area contributed by atoms with Crippen LogP contribution in [-0.2, 0) is 0 Å². The van der Waals surface area contributed by atoms with Crippen molar-refractivity contribution in [2.24, 2.45) is 5.10 Å². The van der Waals surface area contributed by atoms with Gasteiger partial charge in [0.2, 0.25) is 0 Å². The van der Waals surface area contributed by atoms with Crippen LogP contribution in [0, 0.1) is 10.1 Å². The smallest absolute Gasteiger partial charge is 0.282 e. The summed E-state index contributed by atoms with van der Waals surface area (Å²) in [4.78, 5) is 36.5. The lowest BCUT2D eigenvalue weighted by molar-refractivity contribution is -0.383. The van der Waals surface area contributed by atoms with E-state index in [1.807, 2.05) is 0 Å². The Morgan fingerprint density at radius 3 is 2.57 bits per heavy atom. The van der Waals surface area contributed by atoms with Crippen molar-refractivity contribution in [3.8, 4) is 11.5 Å². The first-order valence-electron chi connectivity index (χ1n) is 9.01. The molecule has 0 spiro atoms. The molecule has 30 heavy (non-hydrogen) atoms. The highest BCUT2D eigenvalue weighted by Gasteiger charge is 2.34. The molecular formula is C21H15N3O6. The summed E-state index contributed by atoms with van der Waals surface area (Å²) in [6.45, 7) is 2.12. The van der Waals surface area contributed by atoms with Crippen molar-refractivity contribution in [3.05, 3.63) is 75.3 Å². The zero-order chi connectivity index (χ0) is 21.4. The Labute approximate surface area is 169 Å². The number of hydrogen-bond acceptors (Lipinski definition) is 7. The molecule has 0 saturated heterocycles. The number of nitro benzene ring substituents is 1. The van der Waals surface area contributed by atoms with Gasteiger partial charge in [-0.15, -0.1) is 0 Å². The lowest BCUT2D eigenvalue weighted by Crippen LogP contribution is -2.36. The lowest BCUT2D eigenvalue weighted by atomic mass is 9.94. The van der Waals surface area contributed by atoms with E-state index in [9.17, 15) is 24.8 Å². The number of nitrogens with zero attached hydrogens (tertiary/aromatic N) is 3. The molecule has 4 rings (SSSR count). The maximum Gasteiger partial charge on any atom is 0.282 e. The minimum Gasteiger partial charge on any atom is -0.504 e. The minimum absolute atomic E-state index is 0.0404. The molecule has 3 aromatic rings. The Morgan fingerprint density at radius 1 is 1.13 bits per heavy atom. The van der Waals surface area contributed by atoms with Gasteiger partial charge >= 0.3 is 0 Å². The molecule has 0 aromatic heterocycles. The van der Waals surface area contributed by atoms with Crippen molar-refractivity contribution in [2.45, 2.75) is 6.92 Å². The highest BCUT2D eigenvalue weighted by Crippen LogP contribution is 2.35. The molecule has 0 saturated carbocycles. The second kappa shape index (κ2) is 7.28. The zero-order valence-electron chi connectivity index (χ0n) is 15.7. The summed E-state index contributed by atoms with van der Waals surface area (Å²) in [5, 5.41) is 26.3. The summed E-state index contributed by atoms with van der Waals surface area (Å²) in [5.41, 5.74) is 0.637. The molecule has 9 heteroatoms. The van der Waals surface area contributed by atoms with Crippen LogP contribution in [0.4, 0.5) is 5.69 Å². The van der Waals surface area contributed by atoms with Crippen LogP contribution in [0.5, 0.6) is 11.5 Å². The molecule has 3 aromatic carbocycles. The van der Waals surface area contributed by atoms with Crippen molar-refractivity contribution in [1.29, 1.82) is 0 Å². The number of amides is 2. The van der Waals surface area contributed by atoms with Gasteiger partial charge in [-0.05, 0) is 48.9 Å². The first kappa shape index (κ1) is 19.1. The van der Waals surface area contributed by atoms with Crippen LogP contribution < -0.4 is 4.74 Å². The van der Waals surface area contributed by atoms with E-state index in [1.165, 1.54) is 48.7 Å². The van der Waals surface area contributed by atoms with Gasteiger partial charge in [-0.3, -0.25) is 19.7 Å². The number of benzene rings is 3. The van der Waals surface area contributed by atoms with Crippen molar-refractivity contribution >= 4 is 34.5 Å². The summed E-state index contributed by atoms with van der Waals surface area (Å²) >= 11 is 0. The Hall–Kier alpha value is -4.27. The second-order valence-electron chi connectivity index (χ2n) is 6.44. The number of carbonyl (C=O) groups excluding carboxylic acids is 2. The summed E-state index contributed by atoms with van der Waals surface area (Å²) in [6.07, 6.45) is 1.30. The fraction of sp³-hybridized carbons (Fsp3) is 0.0952. The summed E-state index contributed by atoms with van der Waals surface area (Å²) in [7, 11) is 0. The van der Waals surface area contributed by atoms with Gasteiger partial charge < -0.3 is 9.84 Å². The van der Waals surface area contributed by atoms with Crippen LogP contribution >= 0.6 is 0 Å². The van der Waals surface area contributed by atoms with Gasteiger partial charge in [-0.25, -0.2) is 0 Å². The first-order chi connectivity index (χ1) is 14.4. The number of phenols is 1. The molecule has 0 bridgehead atoms. The molecule has 0 radical (unpaired) electrons. The third kappa shape index (κ3) is 3.02. The molecule has 0 fully saturated rings. The first-order valence-corrected chi connectivity index (χ1v) is 9.01. The average Bonchev–Trinajstić information content (AvgIpc) is 2.73. The fourth-order valence-electron chi connectivity index (χ4n) is 3.34. The maximum atomic E-state index is 12.9. The number of ether oxygens (including phenoxy) is 1. The Balaban J connectivity index is 1.76. The number of hydrogen-bond donors (Lipinski definition) is 1. The normalized spacial score (nSPS) is 13.3. The average molecular weight is 405 g/mol. The van der Waals surface area contributed by atoms with Gasteiger partial charge in [0.15, 0.2) is 11.5 Å². The number of rotatable bonds is 5. The van der Waals surface area contributed by atoms with Crippen LogP contribution in [0.25, 0.3) is 10.8 Å². The molecule has 9 nitrogen and oxygen atoms in total. The van der Waals surface area contributed by atoms with Crippen molar-refractivity contribution < 1.29 is 24.4 Å². The van der Waals surface area contributed by atoms with E-state index in [4.69, 9.17) is 4.74 Å². The van der Waals surface area contributed by atoms with E-state index in [0.717, 1.165) is 5.01 Å². The van der Waals surface area contributed by atoms with Crippen molar-refractivity contribution in [2.75, 3.05) is 6.61 Å². The zero-order valence-corrected chi connectivity index (χ0v) is 15.7. The summed E-state index contributed by atoms with van der Waals surface area (Å²) < 4.78 is 5.31. The SMILES string of the molecule is CCOc1cc(C=NN2C(=O)c3cccc4c([N+](=O)[O-])ccc(c34)C2=O)ccc1O. The van der Waals surface area contributed by atoms with E-state index in [1.54, 1.807) is 13.0 Å². The van der Waals surface area contributed by atoms with Crippen LogP contribution in [-0.4, -0.2) is 39.7 Å². The molecule has 1 aliphatic heterocycles. The number of aromatic hydroxyl groups is 1. The molecule has 0 atom stereocenters. The molecule has 0 aliphatic carbocycles. The monoisotopic (exact) mass is 405 g/mol. The van der Waals surface area contributed by atoms with Crippen LogP contribution in [0.15, 0.2) is 53.6 Å². The van der Waals surface area contributed by atoms with Gasteiger partial charge in [0.25, 0.3) is 17.5 Å². The third-order valence-electron chi connectivity index (χ3n) is 4.67. The van der Waals surface area contributed by atoms with Crippen LogP contribution in [0.1, 0.15) is 33.2 Å². The topological polar surface area (TPSA) is 122 Å². The van der Waals surface area contributed by atoms with Crippen LogP contribution in [0.3, 0.4) is 0 Å². The van der Waals surface area contributed by atoms with Gasteiger partial charge in [0, 0.05) is 11.5 Å². The molecule has 1 aliphatic rings. The Morgan fingerprint density at radius 2 is 1.87 bits per heavy atom. The maximum absolute atomic E-state index is 12.9. The summed E-state index contributed by atoms with van der Waals surface area (Å²) in [6, 6.07) is 11.6. The molecule has 1 heterocycles. The predicted octanol–water partition coefficient (Wildman–Crippen LogP) is 3.48. The predicted molar refractivity (Wildman–Crippen MR) is 108 cm³/mol. The molecule has 2 amide bonds. The van der Waals surface area contributed by atoms with Crippen molar-refractivity contribution in [3.63, 3.8) is 0 Å². The number of imide groups is 1. The molecule has 1 N–H and O–H groups in total. The number of phenolic OH excluding ortho intramolecular Hbond substituents is 1. The largest absolute Gasteiger partial charge is 0.504 e. The minimum atomic E-state index is -0.682. The number of nitro groups is 1. The molecule has 150 valence electrons. The van der Waals surface area contributed by atoms with Gasteiger partial charge in [0.05, 0.1) is 34.3 Å². The molecular weight excluding hydrogens is 390 g/mol. The van der Waals surface area contributed by atoms with E-state index in [-0.39, 0.29) is 39.1 Å². The second-order valence-corrected chi connectivity index (χ2v) is 6.44. The van der Waals surface area contributed by atoms with E-state index >= 15 is 0 Å². The van der Waals surface area contributed by atoms with Crippen LogP contribution in [0.2, 0.25) is 0 Å². The highest BCUT2D eigenvalue weighted by atomic mass is 16.6. The van der Waals surface area contributed by atoms with E-state index < -0.39 is 16.7 Å². The lowest BCUT2D eigenvalue weighted by Gasteiger charge is -2.23. The Kier molecular flexibility index (Phi) is 4.63. The Bertz CT molecular complexity index is 1230. The van der Waals surface area contributed by atoms with Crippen molar-refractivity contribution in [1.82, 2.24) is 5.01 Å². The quantitative estimate of drug-likeness (QED) is 0.300. The standard InChI is InChI=1S/C21H15N3O6/c1-2-30-18-10-12(6-9-17(18)25)11-22-23-20(26)14-5-3-4-13-16(24(28)29)8-7-15(19(13)14)21(23)27/h3-11,25H,2H2,1H3. The van der Waals surface area contributed by atoms with Gasteiger partial charge in [0.1, 0.15) is 0 Å². The molecule has 0 unspecified atom stereocenters. The number of carbonyl (C=O) groups is 2. The fourth-order valence-corrected chi connectivity index (χ4v) is 3.34. The summed E-state index contributed by atoms with van der Waals surface area (Å²) in [5.74, 6) is -1.15. The third-order valence-corrected chi connectivity index (χ3v) is 4.67. The van der Waals surface area contributed by atoms with E-state index in [0.29, 0.717) is 12.2 Å². The number of hydrazone groups is 1. The van der Waals surface area contributed by atoms with E-state index in [2.05, 4.69) is 5.10 Å². The highest BCUT2D eigenvalue weighted by molar-refractivity contribution is 6.26. The van der Waals surface area contributed by atoms with Gasteiger partial charge in [-0.2, -0.15) is 10.1 Å². The number of non-ortho nitro benzene ring substituents is 1.